The minimum absolute atomic E-state index is 0.942. The highest BCUT2D eigenvalue weighted by molar-refractivity contribution is 5.70. The van der Waals surface area contributed by atoms with Crippen LogP contribution in [0.4, 0.5) is 11.5 Å². The highest BCUT2D eigenvalue weighted by Gasteiger charge is 2.05. The highest BCUT2D eigenvalue weighted by atomic mass is 15.2. The number of benzene rings is 2. The third-order valence-corrected chi connectivity index (χ3v) is 3.33. The predicted molar refractivity (Wildman–Crippen MR) is 84.2 cm³/mol. The summed E-state index contributed by atoms with van der Waals surface area (Å²) in [7, 11) is 2.03. The van der Waals surface area contributed by atoms with Crippen molar-refractivity contribution in [1.82, 2.24) is 4.98 Å². The number of pyridine rings is 1. The first-order valence-corrected chi connectivity index (χ1v) is 6.65. The lowest BCUT2D eigenvalue weighted by atomic mass is 10.1. The van der Waals surface area contributed by atoms with Crippen molar-refractivity contribution in [3.05, 3.63) is 79.0 Å². The molecule has 0 saturated carbocycles. The van der Waals surface area contributed by atoms with Crippen molar-refractivity contribution in [3.63, 3.8) is 0 Å². The fourth-order valence-corrected chi connectivity index (χ4v) is 2.21. The first-order chi connectivity index (χ1) is 9.84. The van der Waals surface area contributed by atoms with Crippen molar-refractivity contribution in [1.29, 1.82) is 0 Å². The molecule has 0 aliphatic carbocycles. The minimum Gasteiger partial charge on any atom is -0.329 e. The molecule has 2 heteroatoms. The van der Waals surface area contributed by atoms with E-state index >= 15 is 0 Å². The first kappa shape index (κ1) is 12.4. The van der Waals surface area contributed by atoms with Crippen molar-refractivity contribution in [3.8, 4) is 11.1 Å². The van der Waals surface area contributed by atoms with Crippen LogP contribution in [0.3, 0.4) is 0 Å². The maximum Gasteiger partial charge on any atom is 0.132 e. The van der Waals surface area contributed by atoms with Gasteiger partial charge in [-0.2, -0.15) is 0 Å². The molecule has 0 atom stereocenters. The van der Waals surface area contributed by atoms with Crippen LogP contribution in [0, 0.1) is 0 Å². The molecule has 0 fully saturated rings. The summed E-state index contributed by atoms with van der Waals surface area (Å²) in [6.45, 7) is 0. The van der Waals surface area contributed by atoms with Crippen LogP contribution < -0.4 is 4.90 Å². The van der Waals surface area contributed by atoms with Crippen LogP contribution in [0.1, 0.15) is 0 Å². The SMILES string of the molecule is CN(c1cccc(-c2ccccc2)c1)c1ccccn1. The molecule has 3 aromatic rings. The van der Waals surface area contributed by atoms with E-state index in [0.29, 0.717) is 0 Å². The Labute approximate surface area is 119 Å². The van der Waals surface area contributed by atoms with E-state index < -0.39 is 0 Å². The average molecular weight is 260 g/mol. The second-order valence-corrected chi connectivity index (χ2v) is 4.66. The van der Waals surface area contributed by atoms with E-state index in [1.807, 2.05) is 37.5 Å². The van der Waals surface area contributed by atoms with Gasteiger partial charge >= 0.3 is 0 Å². The number of anilines is 2. The quantitative estimate of drug-likeness (QED) is 0.688. The maximum atomic E-state index is 4.38. The topological polar surface area (TPSA) is 16.1 Å². The summed E-state index contributed by atoms with van der Waals surface area (Å²) in [6.07, 6.45) is 1.81. The molecule has 3 rings (SSSR count). The van der Waals surface area contributed by atoms with Gasteiger partial charge in [-0.25, -0.2) is 4.98 Å². The maximum absolute atomic E-state index is 4.38. The first-order valence-electron chi connectivity index (χ1n) is 6.65. The Morgan fingerprint density at radius 2 is 1.50 bits per heavy atom. The number of nitrogens with zero attached hydrogens (tertiary/aromatic N) is 2. The molecule has 2 nitrogen and oxygen atoms in total. The third kappa shape index (κ3) is 2.54. The van der Waals surface area contributed by atoms with Gasteiger partial charge in [0.05, 0.1) is 0 Å². The number of rotatable bonds is 3. The van der Waals surface area contributed by atoms with Crippen molar-refractivity contribution < 1.29 is 0 Å². The molecular weight excluding hydrogens is 244 g/mol. The second-order valence-electron chi connectivity index (χ2n) is 4.66. The Morgan fingerprint density at radius 3 is 2.25 bits per heavy atom. The molecule has 98 valence electrons. The molecule has 0 radical (unpaired) electrons. The standard InChI is InChI=1S/C18H16N2/c1-20(18-12-5-6-13-19-18)17-11-7-10-16(14-17)15-8-3-2-4-9-15/h2-14H,1H3. The molecule has 0 amide bonds. The van der Waals surface area contributed by atoms with Crippen LogP contribution in [0.5, 0.6) is 0 Å². The van der Waals surface area contributed by atoms with Gasteiger partial charge in [-0.3, -0.25) is 0 Å². The third-order valence-electron chi connectivity index (χ3n) is 3.33. The molecule has 0 N–H and O–H groups in total. The average Bonchev–Trinajstić information content (AvgIpc) is 2.56. The van der Waals surface area contributed by atoms with Crippen molar-refractivity contribution in [2.75, 3.05) is 11.9 Å². The summed E-state index contributed by atoms with van der Waals surface area (Å²) in [5.41, 5.74) is 3.57. The van der Waals surface area contributed by atoms with E-state index in [0.717, 1.165) is 11.5 Å². The molecule has 20 heavy (non-hydrogen) atoms. The summed E-state index contributed by atoms with van der Waals surface area (Å²) >= 11 is 0. The van der Waals surface area contributed by atoms with Crippen LogP contribution in [0.25, 0.3) is 11.1 Å². The highest BCUT2D eigenvalue weighted by Crippen LogP contribution is 2.27. The Morgan fingerprint density at radius 1 is 0.750 bits per heavy atom. The Hall–Kier alpha value is -2.61. The normalized spacial score (nSPS) is 10.2. The van der Waals surface area contributed by atoms with Gasteiger partial charge in [0.1, 0.15) is 5.82 Å². The van der Waals surface area contributed by atoms with Crippen molar-refractivity contribution >= 4 is 11.5 Å². The van der Waals surface area contributed by atoms with Gasteiger partial charge in [0.25, 0.3) is 0 Å². The summed E-state index contributed by atoms with van der Waals surface area (Å²) in [4.78, 5) is 6.47. The summed E-state index contributed by atoms with van der Waals surface area (Å²) in [5, 5.41) is 0. The molecule has 0 saturated heterocycles. The fourth-order valence-electron chi connectivity index (χ4n) is 2.21. The van der Waals surface area contributed by atoms with Gasteiger partial charge in [-0.05, 0) is 35.4 Å². The molecule has 1 aromatic heterocycles. The second kappa shape index (κ2) is 5.57. The summed E-state index contributed by atoms with van der Waals surface area (Å²) in [6, 6.07) is 24.8. The lowest BCUT2D eigenvalue weighted by Crippen LogP contribution is -2.10. The van der Waals surface area contributed by atoms with Gasteiger partial charge in [0.15, 0.2) is 0 Å². The largest absolute Gasteiger partial charge is 0.329 e. The van der Waals surface area contributed by atoms with E-state index in [1.165, 1.54) is 11.1 Å². The van der Waals surface area contributed by atoms with Gasteiger partial charge in [0.2, 0.25) is 0 Å². The number of hydrogen-bond donors (Lipinski definition) is 0. The zero-order chi connectivity index (χ0) is 13.8. The Balaban J connectivity index is 1.96. The molecule has 1 heterocycles. The van der Waals surface area contributed by atoms with Gasteiger partial charge in [0, 0.05) is 18.9 Å². The molecule has 0 aliphatic heterocycles. The van der Waals surface area contributed by atoms with E-state index in [9.17, 15) is 0 Å². The van der Waals surface area contributed by atoms with Gasteiger partial charge in [-0.1, -0.05) is 48.5 Å². The van der Waals surface area contributed by atoms with Crippen molar-refractivity contribution in [2.24, 2.45) is 0 Å². The molecule has 2 aromatic carbocycles. The minimum atomic E-state index is 0.942. The molecule has 0 unspecified atom stereocenters. The smallest absolute Gasteiger partial charge is 0.132 e. The lowest BCUT2D eigenvalue weighted by Gasteiger charge is -2.19. The molecule has 0 aliphatic rings. The lowest BCUT2D eigenvalue weighted by molar-refractivity contribution is 1.13. The molecular formula is C18H16N2. The van der Waals surface area contributed by atoms with Crippen molar-refractivity contribution in [2.45, 2.75) is 0 Å². The Bertz CT molecular complexity index is 678. The van der Waals surface area contributed by atoms with Crippen LogP contribution in [-0.2, 0) is 0 Å². The summed E-state index contributed by atoms with van der Waals surface area (Å²) < 4.78 is 0. The zero-order valence-electron chi connectivity index (χ0n) is 11.4. The molecule has 0 bridgehead atoms. The number of hydrogen-bond acceptors (Lipinski definition) is 2. The van der Waals surface area contributed by atoms with Crippen LogP contribution in [0.15, 0.2) is 79.0 Å². The summed E-state index contributed by atoms with van der Waals surface area (Å²) in [5.74, 6) is 0.942. The number of aromatic nitrogens is 1. The Kier molecular flexibility index (Phi) is 3.46. The van der Waals surface area contributed by atoms with Gasteiger partial charge < -0.3 is 4.90 Å². The van der Waals surface area contributed by atoms with Gasteiger partial charge in [-0.15, -0.1) is 0 Å². The van der Waals surface area contributed by atoms with E-state index in [4.69, 9.17) is 0 Å². The van der Waals surface area contributed by atoms with E-state index in [-0.39, 0.29) is 0 Å². The van der Waals surface area contributed by atoms with Crippen LogP contribution in [0.2, 0.25) is 0 Å². The monoisotopic (exact) mass is 260 g/mol. The van der Waals surface area contributed by atoms with Crippen LogP contribution in [-0.4, -0.2) is 12.0 Å². The predicted octanol–water partition coefficient (Wildman–Crippen LogP) is 4.52. The van der Waals surface area contributed by atoms with Crippen LogP contribution >= 0.6 is 0 Å². The fraction of sp³-hybridized carbons (Fsp3) is 0.0556. The zero-order valence-corrected chi connectivity index (χ0v) is 11.4. The van der Waals surface area contributed by atoms with E-state index in [2.05, 4.69) is 58.4 Å². The van der Waals surface area contributed by atoms with E-state index in [1.54, 1.807) is 0 Å². The molecule has 0 spiro atoms.